The van der Waals surface area contributed by atoms with Gasteiger partial charge in [-0.2, -0.15) is 0 Å². The second-order valence-corrected chi connectivity index (χ2v) is 9.06. The van der Waals surface area contributed by atoms with Gasteiger partial charge in [-0.1, -0.05) is 31.4 Å². The van der Waals surface area contributed by atoms with E-state index in [9.17, 15) is 4.79 Å². The van der Waals surface area contributed by atoms with Crippen molar-refractivity contribution in [3.8, 4) is 0 Å². The van der Waals surface area contributed by atoms with Gasteiger partial charge in [0.1, 0.15) is 7.85 Å². The molecule has 2 heterocycles. The Morgan fingerprint density at radius 3 is 2.74 bits per heavy atom. The Morgan fingerprint density at radius 2 is 2.10 bits per heavy atom. The van der Waals surface area contributed by atoms with Gasteiger partial charge < -0.3 is 14.0 Å². The molecule has 0 N–H and O–H groups in total. The molecule has 1 aromatic heterocycles. The number of ether oxygens (including phenoxy) is 2. The Morgan fingerprint density at radius 1 is 1.35 bits per heavy atom. The van der Waals surface area contributed by atoms with Crippen molar-refractivity contribution in [1.29, 1.82) is 0 Å². The standard InChI is InChI=1S/C25H33BN2O3/c1-7-28-22-11-10-18(26)13-20(22)21(14-25(4,5)15-31-17(3)29)24(28)19-9-8-12-27-23(19)16(2)30-6/h10-13,16H,7-9,14-15H2,1-6H3/t16-/m0/s1. The summed E-state index contributed by atoms with van der Waals surface area (Å²) in [5.41, 5.74) is 6.32. The number of hydrogen-bond acceptors (Lipinski definition) is 4. The quantitative estimate of drug-likeness (QED) is 0.475. The number of allylic oxidation sites excluding steroid dienone is 1. The van der Waals surface area contributed by atoms with Crippen LogP contribution in [-0.4, -0.2) is 44.4 Å². The highest BCUT2D eigenvalue weighted by molar-refractivity contribution is 6.33. The Hall–Kier alpha value is -2.34. The van der Waals surface area contributed by atoms with E-state index in [0.717, 1.165) is 47.9 Å². The molecule has 164 valence electrons. The van der Waals surface area contributed by atoms with Crippen molar-refractivity contribution in [3.05, 3.63) is 35.2 Å². The molecule has 1 aliphatic heterocycles. The first-order valence-electron chi connectivity index (χ1n) is 11.0. The van der Waals surface area contributed by atoms with Crippen LogP contribution in [0.15, 0.2) is 28.9 Å². The molecule has 1 atom stereocenters. The first-order valence-corrected chi connectivity index (χ1v) is 11.0. The number of rotatable bonds is 8. The lowest BCUT2D eigenvalue weighted by atomic mass is 9.83. The lowest BCUT2D eigenvalue weighted by molar-refractivity contribution is -0.143. The van der Waals surface area contributed by atoms with Gasteiger partial charge >= 0.3 is 5.97 Å². The van der Waals surface area contributed by atoms with Gasteiger partial charge in [0.05, 0.1) is 24.1 Å². The van der Waals surface area contributed by atoms with Gasteiger partial charge in [0.2, 0.25) is 0 Å². The third-order valence-electron chi connectivity index (χ3n) is 5.92. The fourth-order valence-electron chi connectivity index (χ4n) is 4.40. The average Bonchev–Trinajstić information content (AvgIpc) is 3.03. The van der Waals surface area contributed by atoms with E-state index in [4.69, 9.17) is 22.3 Å². The number of fused-ring (bicyclic) bond motifs is 1. The number of hydrogen-bond donors (Lipinski definition) is 0. The monoisotopic (exact) mass is 420 g/mol. The van der Waals surface area contributed by atoms with Crippen LogP contribution in [0.4, 0.5) is 0 Å². The van der Waals surface area contributed by atoms with Crippen molar-refractivity contribution < 1.29 is 14.3 Å². The minimum absolute atomic E-state index is 0.0955. The van der Waals surface area contributed by atoms with E-state index in [1.807, 2.05) is 19.2 Å². The van der Waals surface area contributed by atoms with Gasteiger partial charge in [-0.25, -0.2) is 0 Å². The van der Waals surface area contributed by atoms with Crippen LogP contribution in [-0.2, 0) is 27.2 Å². The second-order valence-electron chi connectivity index (χ2n) is 9.06. The Kier molecular flexibility index (Phi) is 7.10. The van der Waals surface area contributed by atoms with E-state index < -0.39 is 0 Å². The minimum Gasteiger partial charge on any atom is -0.465 e. The Bertz CT molecular complexity index is 1030. The highest BCUT2D eigenvalue weighted by Crippen LogP contribution is 2.40. The van der Waals surface area contributed by atoms with E-state index in [-0.39, 0.29) is 17.5 Å². The molecule has 0 spiro atoms. The third kappa shape index (κ3) is 4.95. The van der Waals surface area contributed by atoms with Crippen molar-refractivity contribution in [2.75, 3.05) is 13.7 Å². The van der Waals surface area contributed by atoms with Crippen LogP contribution in [0.25, 0.3) is 16.5 Å². The summed E-state index contributed by atoms with van der Waals surface area (Å²) in [4.78, 5) is 16.2. The third-order valence-corrected chi connectivity index (χ3v) is 5.92. The number of aryl methyl sites for hydroxylation is 1. The molecule has 0 saturated heterocycles. The molecule has 1 aromatic carbocycles. The molecule has 0 aliphatic carbocycles. The average molecular weight is 420 g/mol. The van der Waals surface area contributed by atoms with Crippen LogP contribution in [0.5, 0.6) is 0 Å². The summed E-state index contributed by atoms with van der Waals surface area (Å²) in [5.74, 6) is -0.255. The largest absolute Gasteiger partial charge is 0.465 e. The summed E-state index contributed by atoms with van der Waals surface area (Å²) in [6.45, 7) is 11.1. The van der Waals surface area contributed by atoms with E-state index in [0.29, 0.717) is 6.61 Å². The van der Waals surface area contributed by atoms with Crippen LogP contribution >= 0.6 is 0 Å². The summed E-state index contributed by atoms with van der Waals surface area (Å²) in [6, 6.07) is 6.12. The SMILES string of the molecule is [B]c1ccc2c(c1)c(CC(C)(C)COC(C)=O)c(C1=C([C@H](C)OC)N=CCC1)n2CC. The summed E-state index contributed by atoms with van der Waals surface area (Å²) < 4.78 is 13.4. The molecule has 0 saturated carbocycles. The minimum atomic E-state index is -0.255. The van der Waals surface area contributed by atoms with Gasteiger partial charge in [-0.3, -0.25) is 9.79 Å². The zero-order chi connectivity index (χ0) is 22.8. The van der Waals surface area contributed by atoms with Crippen molar-refractivity contribution in [2.24, 2.45) is 10.4 Å². The Labute approximate surface area is 186 Å². The molecule has 31 heavy (non-hydrogen) atoms. The van der Waals surface area contributed by atoms with Crippen LogP contribution < -0.4 is 5.46 Å². The molecule has 6 heteroatoms. The highest BCUT2D eigenvalue weighted by Gasteiger charge is 2.29. The van der Waals surface area contributed by atoms with E-state index >= 15 is 0 Å². The van der Waals surface area contributed by atoms with E-state index in [2.05, 4.69) is 37.5 Å². The van der Waals surface area contributed by atoms with Crippen LogP contribution in [0.1, 0.15) is 58.7 Å². The summed E-state index contributed by atoms with van der Waals surface area (Å²) >= 11 is 0. The van der Waals surface area contributed by atoms with Gasteiger partial charge in [-0.15, -0.1) is 0 Å². The molecule has 0 unspecified atom stereocenters. The summed E-state index contributed by atoms with van der Waals surface area (Å²) in [7, 11) is 7.92. The summed E-state index contributed by atoms with van der Waals surface area (Å²) in [5, 5.41) is 1.15. The van der Waals surface area contributed by atoms with E-state index in [1.165, 1.54) is 23.8 Å². The molecule has 3 rings (SSSR count). The predicted molar refractivity (Wildman–Crippen MR) is 128 cm³/mol. The predicted octanol–water partition coefficient (Wildman–Crippen LogP) is 4.20. The van der Waals surface area contributed by atoms with Crippen LogP contribution in [0.2, 0.25) is 0 Å². The van der Waals surface area contributed by atoms with Crippen molar-refractivity contribution >= 4 is 42.0 Å². The molecule has 5 nitrogen and oxygen atoms in total. The molecular formula is C25H33BN2O3. The maximum absolute atomic E-state index is 11.4. The Balaban J connectivity index is 2.27. The van der Waals surface area contributed by atoms with Crippen molar-refractivity contribution in [1.82, 2.24) is 4.57 Å². The smallest absolute Gasteiger partial charge is 0.302 e. The first-order chi connectivity index (χ1) is 14.7. The number of nitrogens with zero attached hydrogens (tertiary/aromatic N) is 2. The topological polar surface area (TPSA) is 52.8 Å². The number of carbonyl (C=O) groups excluding carboxylic acids is 1. The maximum atomic E-state index is 11.4. The van der Waals surface area contributed by atoms with Gasteiger partial charge in [0.25, 0.3) is 0 Å². The van der Waals surface area contributed by atoms with Crippen LogP contribution in [0.3, 0.4) is 0 Å². The van der Waals surface area contributed by atoms with Gasteiger partial charge in [0, 0.05) is 48.7 Å². The normalized spacial score (nSPS) is 15.5. The number of esters is 1. The van der Waals surface area contributed by atoms with Gasteiger partial charge in [0.15, 0.2) is 0 Å². The fraction of sp³-hybridized carbons (Fsp3) is 0.520. The van der Waals surface area contributed by atoms with Crippen LogP contribution in [0, 0.1) is 5.41 Å². The van der Waals surface area contributed by atoms with Crippen molar-refractivity contribution in [2.45, 2.75) is 66.5 Å². The maximum Gasteiger partial charge on any atom is 0.302 e. The zero-order valence-electron chi connectivity index (χ0n) is 19.6. The number of methoxy groups -OCH3 is 1. The second kappa shape index (κ2) is 9.43. The molecule has 1 aliphatic rings. The number of aromatic nitrogens is 1. The molecule has 2 aromatic rings. The number of aliphatic imine (C=N–C) groups is 1. The first kappa shape index (κ1) is 23.3. The molecule has 0 bridgehead atoms. The highest BCUT2D eigenvalue weighted by atomic mass is 16.5. The summed E-state index contributed by atoms with van der Waals surface area (Å²) in [6.07, 6.45) is 4.45. The lowest BCUT2D eigenvalue weighted by Gasteiger charge is -2.27. The van der Waals surface area contributed by atoms with Gasteiger partial charge in [-0.05, 0) is 44.7 Å². The molecular weight excluding hydrogens is 387 g/mol. The van der Waals surface area contributed by atoms with Crippen molar-refractivity contribution in [3.63, 3.8) is 0 Å². The molecule has 2 radical (unpaired) electrons. The fourth-order valence-corrected chi connectivity index (χ4v) is 4.40. The zero-order valence-corrected chi connectivity index (χ0v) is 19.6. The number of benzene rings is 1. The number of carbonyl (C=O) groups is 1. The molecule has 0 amide bonds. The molecule has 0 fully saturated rings. The lowest BCUT2D eigenvalue weighted by Crippen LogP contribution is -2.24. The van der Waals surface area contributed by atoms with E-state index in [1.54, 1.807) is 7.11 Å².